The highest BCUT2D eigenvalue weighted by atomic mass is 32.2. The smallest absolute Gasteiger partial charge is 0.277 e. The van der Waals surface area contributed by atoms with Crippen LogP contribution in [0, 0.1) is 0 Å². The molecule has 0 spiro atoms. The summed E-state index contributed by atoms with van der Waals surface area (Å²) in [5.41, 5.74) is 1.48. The van der Waals surface area contributed by atoms with Crippen molar-refractivity contribution >= 4 is 21.1 Å². The van der Waals surface area contributed by atoms with Crippen molar-refractivity contribution in [3.63, 3.8) is 0 Å². The second-order valence-electron chi connectivity index (χ2n) is 8.33. The van der Waals surface area contributed by atoms with Gasteiger partial charge in [-0.2, -0.15) is 9.40 Å². The van der Waals surface area contributed by atoms with Gasteiger partial charge >= 0.3 is 0 Å². The summed E-state index contributed by atoms with van der Waals surface area (Å²) in [7, 11) is -2.25. The lowest BCUT2D eigenvalue weighted by molar-refractivity contribution is 0.222. The fourth-order valence-electron chi connectivity index (χ4n) is 4.05. The van der Waals surface area contributed by atoms with Gasteiger partial charge in [0.15, 0.2) is 5.52 Å². The lowest BCUT2D eigenvalue weighted by Crippen LogP contribution is -2.47. The summed E-state index contributed by atoms with van der Waals surface area (Å²) in [6.07, 6.45) is 2.20. The number of ether oxygens (including phenoxy) is 1. The maximum Gasteiger partial charge on any atom is 0.277 e. The van der Waals surface area contributed by atoms with E-state index in [0.717, 1.165) is 12.8 Å². The highest BCUT2D eigenvalue weighted by molar-refractivity contribution is 7.89. The number of likely N-dealkylation sites (N-methyl/N-ethyl adjacent to an activating group) is 1. The molecule has 0 saturated carbocycles. The monoisotopic (exact) mass is 491 g/mol. The molecule has 3 heterocycles. The molecular formula is C23H32N6O4S. The number of nitrogens with one attached hydrogen (secondary N) is 1. The standard InChI is InChI=1S/C23H32N6O4S/c1-5-7-18-20-21(28(4)26-18)23(30)25-22(24-20)17-15-16(8-9-19(17)33-14-6-2)34(31,32)29-12-10-27(3)11-13-29/h8-9,15H,5-7,10-14H2,1-4H3,(H,24,25,30)/i3D3. The average Bonchev–Trinajstić information content (AvgIpc) is 3.17. The summed E-state index contributed by atoms with van der Waals surface area (Å²) in [5.74, 6) is 0.592. The van der Waals surface area contributed by atoms with E-state index in [1.807, 2.05) is 13.8 Å². The predicted octanol–water partition coefficient (Wildman–Crippen LogP) is 2.00. The Kier molecular flexibility index (Phi) is 5.97. The largest absolute Gasteiger partial charge is 0.493 e. The molecular weight excluding hydrogens is 456 g/mol. The molecule has 1 N–H and O–H groups in total. The molecule has 1 fully saturated rings. The van der Waals surface area contributed by atoms with Crippen LogP contribution in [0.5, 0.6) is 5.75 Å². The number of rotatable bonds is 8. The Hall–Kier alpha value is -2.76. The normalized spacial score (nSPS) is 17.4. The number of aryl methyl sites for hydroxylation is 2. The number of benzene rings is 1. The molecule has 2 aromatic heterocycles. The summed E-state index contributed by atoms with van der Waals surface area (Å²) >= 11 is 0. The minimum absolute atomic E-state index is 0.0106. The summed E-state index contributed by atoms with van der Waals surface area (Å²) < 4.78 is 58.4. The molecule has 0 radical (unpaired) electrons. The fraction of sp³-hybridized carbons (Fsp3) is 0.522. The van der Waals surface area contributed by atoms with Gasteiger partial charge in [0.1, 0.15) is 17.1 Å². The highest BCUT2D eigenvalue weighted by Gasteiger charge is 2.29. The van der Waals surface area contributed by atoms with Crippen molar-refractivity contribution in [1.29, 1.82) is 0 Å². The topological polar surface area (TPSA) is 113 Å². The molecule has 1 saturated heterocycles. The van der Waals surface area contributed by atoms with E-state index in [1.165, 1.54) is 26.0 Å². The van der Waals surface area contributed by atoms with Gasteiger partial charge in [-0.05, 0) is 38.0 Å². The van der Waals surface area contributed by atoms with Crippen LogP contribution in [0.1, 0.15) is 36.5 Å². The SMILES string of the molecule is [2H]C([2H])([2H])N1CCN(S(=O)(=O)c2ccc(OCCC)c(-c3nc4c(CCC)nn(C)c4c(=O)[nH]3)c2)CC1. The van der Waals surface area contributed by atoms with Crippen molar-refractivity contribution in [2.24, 2.45) is 7.05 Å². The summed E-state index contributed by atoms with van der Waals surface area (Å²) in [4.78, 5) is 21.8. The molecule has 10 nitrogen and oxygen atoms in total. The number of hydrogen-bond acceptors (Lipinski definition) is 7. The number of aromatic nitrogens is 4. The van der Waals surface area contributed by atoms with Crippen LogP contribution in [-0.4, -0.2) is 77.1 Å². The first-order chi connectivity index (χ1) is 17.5. The van der Waals surface area contributed by atoms with E-state index in [0.29, 0.717) is 41.1 Å². The number of H-pyrrole nitrogens is 1. The van der Waals surface area contributed by atoms with E-state index in [4.69, 9.17) is 13.8 Å². The van der Waals surface area contributed by atoms with Crippen molar-refractivity contribution in [2.45, 2.75) is 38.0 Å². The molecule has 0 unspecified atom stereocenters. The Labute approximate surface area is 203 Å². The molecule has 1 aliphatic heterocycles. The van der Waals surface area contributed by atoms with Gasteiger partial charge in [0.25, 0.3) is 5.56 Å². The molecule has 11 heteroatoms. The lowest BCUT2D eigenvalue weighted by atomic mass is 10.1. The van der Waals surface area contributed by atoms with Crippen molar-refractivity contribution in [3.05, 3.63) is 34.2 Å². The minimum atomic E-state index is -3.93. The Morgan fingerprint density at radius 1 is 1.18 bits per heavy atom. The summed E-state index contributed by atoms with van der Waals surface area (Å²) in [6.45, 7) is 2.42. The van der Waals surface area contributed by atoms with E-state index in [1.54, 1.807) is 13.1 Å². The van der Waals surface area contributed by atoms with E-state index < -0.39 is 17.0 Å². The van der Waals surface area contributed by atoms with E-state index in [2.05, 4.69) is 10.1 Å². The van der Waals surface area contributed by atoms with Crippen LogP contribution in [0.25, 0.3) is 22.4 Å². The van der Waals surface area contributed by atoms with Gasteiger partial charge in [0.05, 0.1) is 22.8 Å². The number of nitrogens with zero attached hydrogens (tertiary/aromatic N) is 5. The van der Waals surface area contributed by atoms with Crippen molar-refractivity contribution < 1.29 is 17.3 Å². The van der Waals surface area contributed by atoms with Gasteiger partial charge < -0.3 is 14.6 Å². The third-order valence-electron chi connectivity index (χ3n) is 5.79. The zero-order valence-corrected chi connectivity index (χ0v) is 20.5. The average molecular weight is 492 g/mol. The summed E-state index contributed by atoms with van der Waals surface area (Å²) in [6, 6.07) is 4.48. The number of piperazine rings is 1. The molecule has 0 bridgehead atoms. The minimum Gasteiger partial charge on any atom is -0.493 e. The third-order valence-corrected chi connectivity index (χ3v) is 7.69. The van der Waals surface area contributed by atoms with Gasteiger partial charge in [-0.25, -0.2) is 13.4 Å². The Balaban J connectivity index is 1.78. The quantitative estimate of drug-likeness (QED) is 0.513. The first-order valence-electron chi connectivity index (χ1n) is 13.0. The van der Waals surface area contributed by atoms with Crippen LogP contribution in [0.2, 0.25) is 0 Å². The van der Waals surface area contributed by atoms with E-state index in [-0.39, 0.29) is 42.5 Å². The van der Waals surface area contributed by atoms with Crippen LogP contribution in [-0.2, 0) is 23.5 Å². The first-order valence-corrected chi connectivity index (χ1v) is 12.9. The fourth-order valence-corrected chi connectivity index (χ4v) is 5.50. The van der Waals surface area contributed by atoms with E-state index in [9.17, 15) is 13.2 Å². The van der Waals surface area contributed by atoms with Crippen LogP contribution >= 0.6 is 0 Å². The molecule has 0 atom stereocenters. The van der Waals surface area contributed by atoms with Crippen LogP contribution < -0.4 is 10.3 Å². The van der Waals surface area contributed by atoms with Crippen LogP contribution in [0.15, 0.2) is 27.9 Å². The molecule has 34 heavy (non-hydrogen) atoms. The first kappa shape index (κ1) is 20.6. The summed E-state index contributed by atoms with van der Waals surface area (Å²) in [5, 5.41) is 4.44. The molecule has 3 aromatic rings. The van der Waals surface area contributed by atoms with Crippen LogP contribution in [0.4, 0.5) is 0 Å². The maximum atomic E-state index is 13.5. The third kappa shape index (κ3) is 4.59. The Bertz CT molecular complexity index is 1440. The van der Waals surface area contributed by atoms with Crippen LogP contribution in [0.3, 0.4) is 0 Å². The van der Waals surface area contributed by atoms with Crippen molar-refractivity contribution in [1.82, 2.24) is 29.0 Å². The van der Waals surface area contributed by atoms with Gasteiger partial charge in [0.2, 0.25) is 10.0 Å². The molecule has 1 aromatic carbocycles. The maximum absolute atomic E-state index is 13.5. The molecule has 1 aliphatic rings. The van der Waals surface area contributed by atoms with E-state index >= 15 is 0 Å². The van der Waals surface area contributed by atoms with Gasteiger partial charge in [-0.3, -0.25) is 9.48 Å². The Morgan fingerprint density at radius 3 is 2.62 bits per heavy atom. The molecule has 4 rings (SSSR count). The number of hydrogen-bond donors (Lipinski definition) is 1. The van der Waals surface area contributed by atoms with Gasteiger partial charge in [0, 0.05) is 37.3 Å². The number of aromatic amines is 1. The second-order valence-corrected chi connectivity index (χ2v) is 10.3. The van der Waals surface area contributed by atoms with Crippen molar-refractivity contribution in [3.8, 4) is 17.1 Å². The second kappa shape index (κ2) is 9.85. The van der Waals surface area contributed by atoms with Gasteiger partial charge in [-0.15, -0.1) is 0 Å². The Morgan fingerprint density at radius 2 is 1.94 bits per heavy atom. The lowest BCUT2D eigenvalue weighted by Gasteiger charge is -2.31. The zero-order chi connectivity index (χ0) is 27.0. The molecule has 0 aliphatic carbocycles. The van der Waals surface area contributed by atoms with Gasteiger partial charge in [-0.1, -0.05) is 20.3 Å². The molecule has 184 valence electrons. The highest BCUT2D eigenvalue weighted by Crippen LogP contribution is 2.32. The zero-order valence-electron chi connectivity index (χ0n) is 22.7. The van der Waals surface area contributed by atoms with Crippen molar-refractivity contribution in [2.75, 3.05) is 39.8 Å². The predicted molar refractivity (Wildman–Crippen MR) is 131 cm³/mol. The number of sulfonamides is 1. The number of fused-ring (bicyclic) bond motifs is 1. The molecule has 0 amide bonds.